The minimum absolute atomic E-state index is 0.226. The molecule has 0 amide bonds. The summed E-state index contributed by atoms with van der Waals surface area (Å²) < 4.78 is 11.8. The van der Waals surface area contributed by atoms with Gasteiger partial charge in [0.05, 0.1) is 30.3 Å². The van der Waals surface area contributed by atoms with Crippen molar-refractivity contribution in [2.24, 2.45) is 5.92 Å². The van der Waals surface area contributed by atoms with Crippen molar-refractivity contribution in [2.75, 3.05) is 13.2 Å². The number of rotatable bonds is 10. The smallest absolute Gasteiger partial charge is 0.0844 e. The number of ether oxygens (including phenoxy) is 2. The molecule has 0 fully saturated rings. The Hall–Kier alpha value is 0.0500. The molecule has 19 heavy (non-hydrogen) atoms. The summed E-state index contributed by atoms with van der Waals surface area (Å²) in [6, 6.07) is 0. The van der Waals surface area contributed by atoms with Crippen LogP contribution in [-0.4, -0.2) is 35.4 Å². The molecule has 1 N–H and O–H groups in total. The van der Waals surface area contributed by atoms with E-state index in [4.69, 9.17) is 9.47 Å². The van der Waals surface area contributed by atoms with E-state index in [1.165, 1.54) is 0 Å². The maximum atomic E-state index is 9.29. The molecule has 0 aliphatic carbocycles. The van der Waals surface area contributed by atoms with E-state index < -0.39 is 6.10 Å². The van der Waals surface area contributed by atoms with Gasteiger partial charge in [0.2, 0.25) is 0 Å². The van der Waals surface area contributed by atoms with Crippen LogP contribution >= 0.6 is 9.24 Å². The van der Waals surface area contributed by atoms with Crippen molar-refractivity contribution in [3.05, 3.63) is 12.7 Å². The molecule has 0 saturated heterocycles. The van der Waals surface area contributed by atoms with Crippen molar-refractivity contribution in [3.8, 4) is 0 Å². The van der Waals surface area contributed by atoms with E-state index in [1.54, 1.807) is 6.92 Å². The molecule has 4 atom stereocenters. The third-order valence-electron chi connectivity index (χ3n) is 3.59. The standard InChI is InChI=1S/C15H31O3P/c1-7-9-15(19,8-2)18-10-12(3)14(5,6)17-11-13(4)16/h7,12-13,16H,1,8-11,19H2,2-6H3. The van der Waals surface area contributed by atoms with Gasteiger partial charge in [-0.3, -0.25) is 0 Å². The van der Waals surface area contributed by atoms with Gasteiger partial charge in [-0.1, -0.05) is 19.9 Å². The average molecular weight is 290 g/mol. The molecule has 0 aromatic carbocycles. The predicted octanol–water partition coefficient (Wildman–Crippen LogP) is 3.37. The van der Waals surface area contributed by atoms with Gasteiger partial charge in [0.25, 0.3) is 0 Å². The number of hydrogen-bond donors (Lipinski definition) is 1. The summed E-state index contributed by atoms with van der Waals surface area (Å²) in [4.78, 5) is 0. The summed E-state index contributed by atoms with van der Waals surface area (Å²) in [5.41, 5.74) is -0.315. The molecule has 0 aliphatic heterocycles. The Morgan fingerprint density at radius 1 is 1.26 bits per heavy atom. The lowest BCUT2D eigenvalue weighted by Gasteiger charge is -2.35. The monoisotopic (exact) mass is 290 g/mol. The zero-order valence-corrected chi connectivity index (χ0v) is 14.3. The van der Waals surface area contributed by atoms with Crippen LogP contribution in [0.5, 0.6) is 0 Å². The highest BCUT2D eigenvalue weighted by atomic mass is 31.0. The molecule has 4 heteroatoms. The first-order valence-corrected chi connectivity index (χ1v) is 7.60. The van der Waals surface area contributed by atoms with Crippen LogP contribution in [0.4, 0.5) is 0 Å². The van der Waals surface area contributed by atoms with Crippen LogP contribution in [0.1, 0.15) is 47.5 Å². The molecule has 0 bridgehead atoms. The number of aliphatic hydroxyl groups excluding tert-OH is 1. The predicted molar refractivity (Wildman–Crippen MR) is 84.4 cm³/mol. The Kier molecular flexibility index (Phi) is 8.38. The first-order chi connectivity index (χ1) is 8.67. The second kappa shape index (κ2) is 8.36. The van der Waals surface area contributed by atoms with Crippen LogP contribution in [0, 0.1) is 5.92 Å². The third kappa shape index (κ3) is 7.41. The summed E-state index contributed by atoms with van der Waals surface area (Å²) in [5, 5.41) is 9.07. The SMILES string of the molecule is C=CCC(P)(CC)OCC(C)C(C)(C)OCC(C)O. The molecule has 0 saturated carbocycles. The van der Waals surface area contributed by atoms with Gasteiger partial charge in [-0.15, -0.1) is 15.8 Å². The van der Waals surface area contributed by atoms with Crippen molar-refractivity contribution < 1.29 is 14.6 Å². The fraction of sp³-hybridized carbons (Fsp3) is 0.867. The largest absolute Gasteiger partial charge is 0.391 e. The van der Waals surface area contributed by atoms with E-state index in [0.29, 0.717) is 13.2 Å². The lowest BCUT2D eigenvalue weighted by molar-refractivity contribution is -0.111. The van der Waals surface area contributed by atoms with Crippen molar-refractivity contribution in [1.29, 1.82) is 0 Å². The van der Waals surface area contributed by atoms with Gasteiger partial charge in [-0.2, -0.15) is 0 Å². The van der Waals surface area contributed by atoms with Crippen molar-refractivity contribution in [2.45, 2.75) is 64.5 Å². The van der Waals surface area contributed by atoms with Crippen LogP contribution in [0.3, 0.4) is 0 Å². The van der Waals surface area contributed by atoms with Crippen LogP contribution in [0.2, 0.25) is 0 Å². The average Bonchev–Trinajstić information content (AvgIpc) is 2.34. The molecule has 0 aromatic heterocycles. The second-order valence-electron chi connectivity index (χ2n) is 5.89. The van der Waals surface area contributed by atoms with Gasteiger partial charge in [0, 0.05) is 5.92 Å². The molecule has 4 unspecified atom stereocenters. The Balaban J connectivity index is 4.34. The van der Waals surface area contributed by atoms with Gasteiger partial charge in [0.15, 0.2) is 0 Å². The Morgan fingerprint density at radius 3 is 2.26 bits per heavy atom. The molecular formula is C15H31O3P. The summed E-state index contributed by atoms with van der Waals surface area (Å²) in [6.45, 7) is 14.8. The molecular weight excluding hydrogens is 259 g/mol. The van der Waals surface area contributed by atoms with Crippen LogP contribution < -0.4 is 0 Å². The fourth-order valence-electron chi connectivity index (χ4n) is 1.52. The highest BCUT2D eigenvalue weighted by molar-refractivity contribution is 7.18. The van der Waals surface area contributed by atoms with E-state index >= 15 is 0 Å². The molecule has 0 aliphatic rings. The summed E-state index contributed by atoms with van der Waals surface area (Å²) in [7, 11) is 2.79. The maximum absolute atomic E-state index is 9.29. The molecule has 0 rings (SSSR count). The van der Waals surface area contributed by atoms with E-state index in [9.17, 15) is 5.11 Å². The van der Waals surface area contributed by atoms with Gasteiger partial charge in [-0.25, -0.2) is 0 Å². The van der Waals surface area contributed by atoms with Crippen molar-refractivity contribution >= 4 is 9.24 Å². The van der Waals surface area contributed by atoms with Gasteiger partial charge in [0.1, 0.15) is 0 Å². The second-order valence-corrected chi connectivity index (χ2v) is 6.94. The topological polar surface area (TPSA) is 38.7 Å². The molecule has 0 spiro atoms. The van der Waals surface area contributed by atoms with Crippen LogP contribution in [0.25, 0.3) is 0 Å². The molecule has 114 valence electrons. The lowest BCUT2D eigenvalue weighted by Crippen LogP contribution is -2.39. The fourth-order valence-corrected chi connectivity index (χ4v) is 1.78. The summed E-state index contributed by atoms with van der Waals surface area (Å²) >= 11 is 0. The van der Waals surface area contributed by atoms with Gasteiger partial charge in [-0.05, 0) is 33.6 Å². The van der Waals surface area contributed by atoms with Gasteiger partial charge < -0.3 is 14.6 Å². The van der Waals surface area contributed by atoms with Crippen LogP contribution in [0.15, 0.2) is 12.7 Å². The highest BCUT2D eigenvalue weighted by Gasteiger charge is 2.30. The minimum atomic E-state index is -0.440. The van der Waals surface area contributed by atoms with E-state index in [-0.39, 0.29) is 16.9 Å². The minimum Gasteiger partial charge on any atom is -0.391 e. The molecule has 0 aromatic rings. The maximum Gasteiger partial charge on any atom is 0.0844 e. The zero-order chi connectivity index (χ0) is 15.1. The Bertz CT molecular complexity index is 266. The van der Waals surface area contributed by atoms with E-state index in [2.05, 4.69) is 29.7 Å². The van der Waals surface area contributed by atoms with Crippen molar-refractivity contribution in [1.82, 2.24) is 0 Å². The lowest BCUT2D eigenvalue weighted by atomic mass is 9.93. The number of aliphatic hydroxyl groups is 1. The summed E-state index contributed by atoms with van der Waals surface area (Å²) in [6.07, 6.45) is 3.18. The Labute approximate surface area is 121 Å². The third-order valence-corrected chi connectivity index (χ3v) is 4.40. The van der Waals surface area contributed by atoms with Crippen LogP contribution in [-0.2, 0) is 9.47 Å². The molecule has 0 heterocycles. The van der Waals surface area contributed by atoms with E-state index in [1.807, 2.05) is 19.9 Å². The zero-order valence-electron chi connectivity index (χ0n) is 13.1. The normalized spacial score (nSPS) is 18.7. The quantitative estimate of drug-likeness (QED) is 0.495. The van der Waals surface area contributed by atoms with Gasteiger partial charge >= 0.3 is 0 Å². The van der Waals surface area contributed by atoms with E-state index in [0.717, 1.165) is 12.8 Å². The van der Waals surface area contributed by atoms with Crippen molar-refractivity contribution in [3.63, 3.8) is 0 Å². The first kappa shape index (κ1) is 19.1. The Morgan fingerprint density at radius 2 is 1.84 bits per heavy atom. The highest BCUT2D eigenvalue weighted by Crippen LogP contribution is 2.31. The first-order valence-electron chi connectivity index (χ1n) is 7.02. The molecule has 3 nitrogen and oxygen atoms in total. The number of hydrogen-bond acceptors (Lipinski definition) is 3. The summed E-state index contributed by atoms with van der Waals surface area (Å²) in [5.74, 6) is 0.238. The molecule has 0 radical (unpaired) electrons.